The van der Waals surface area contributed by atoms with E-state index >= 15 is 0 Å². The van der Waals surface area contributed by atoms with Gasteiger partial charge < -0.3 is 14.2 Å². The SMILES string of the molecule is C/C(Cn1cc(OC2CCN(c3ncc(C(F)(F)F)cn3)CC2)ccc1=O)=N\c1cn[nH]c(=O)c1C(F)(F)F. The van der Waals surface area contributed by atoms with Crippen molar-refractivity contribution in [1.82, 2.24) is 24.7 Å². The van der Waals surface area contributed by atoms with Gasteiger partial charge in [0, 0.05) is 56.3 Å². The number of anilines is 1. The third-order valence-corrected chi connectivity index (χ3v) is 5.78. The van der Waals surface area contributed by atoms with Gasteiger partial charge in [-0.2, -0.15) is 31.4 Å². The second-order valence-corrected chi connectivity index (χ2v) is 8.71. The topological polar surface area (TPSA) is 118 Å². The molecule has 3 aromatic rings. The molecule has 16 heteroatoms. The van der Waals surface area contributed by atoms with Gasteiger partial charge in [-0.1, -0.05) is 0 Å². The number of H-pyrrole nitrogens is 1. The third-order valence-electron chi connectivity index (χ3n) is 5.78. The first kappa shape index (κ1) is 27.8. The summed E-state index contributed by atoms with van der Waals surface area (Å²) in [6, 6.07) is 2.70. The van der Waals surface area contributed by atoms with E-state index in [1.165, 1.54) is 29.8 Å². The molecule has 1 saturated heterocycles. The van der Waals surface area contributed by atoms with Crippen molar-refractivity contribution in [2.24, 2.45) is 4.99 Å². The molecule has 4 heterocycles. The molecular formula is C23H21F6N7O3. The normalized spacial score (nSPS) is 15.5. The molecule has 39 heavy (non-hydrogen) atoms. The van der Waals surface area contributed by atoms with Crippen molar-refractivity contribution in [3.05, 3.63) is 68.8 Å². The number of rotatable bonds is 6. The third kappa shape index (κ3) is 6.80. The first-order valence-electron chi connectivity index (χ1n) is 11.5. The van der Waals surface area contributed by atoms with Crippen LogP contribution in [0.25, 0.3) is 0 Å². The van der Waals surface area contributed by atoms with Crippen LogP contribution < -0.4 is 20.8 Å². The second-order valence-electron chi connectivity index (χ2n) is 8.71. The van der Waals surface area contributed by atoms with Crippen molar-refractivity contribution in [2.45, 2.75) is 44.8 Å². The number of aromatic amines is 1. The van der Waals surface area contributed by atoms with Crippen molar-refractivity contribution in [3.63, 3.8) is 0 Å². The molecule has 0 saturated carbocycles. The minimum Gasteiger partial charge on any atom is -0.489 e. The number of alkyl halides is 6. The molecule has 3 aromatic heterocycles. The van der Waals surface area contributed by atoms with Crippen LogP contribution in [0.3, 0.4) is 0 Å². The largest absolute Gasteiger partial charge is 0.489 e. The van der Waals surface area contributed by atoms with Gasteiger partial charge in [-0.05, 0) is 13.0 Å². The lowest BCUT2D eigenvalue weighted by atomic mass is 10.1. The maximum Gasteiger partial charge on any atom is 0.423 e. The second kappa shape index (κ2) is 10.9. The number of halogens is 6. The molecular weight excluding hydrogens is 536 g/mol. The Morgan fingerprint density at radius 2 is 1.72 bits per heavy atom. The summed E-state index contributed by atoms with van der Waals surface area (Å²) in [4.78, 5) is 37.2. The van der Waals surface area contributed by atoms with Crippen molar-refractivity contribution in [3.8, 4) is 5.75 Å². The average Bonchev–Trinajstić information content (AvgIpc) is 2.85. The minimum absolute atomic E-state index is 0.108. The lowest BCUT2D eigenvalue weighted by Crippen LogP contribution is -2.39. The Morgan fingerprint density at radius 3 is 2.33 bits per heavy atom. The van der Waals surface area contributed by atoms with E-state index < -0.39 is 40.3 Å². The van der Waals surface area contributed by atoms with Gasteiger partial charge in [-0.15, -0.1) is 0 Å². The summed E-state index contributed by atoms with van der Waals surface area (Å²) >= 11 is 0. The smallest absolute Gasteiger partial charge is 0.423 e. The van der Waals surface area contributed by atoms with Gasteiger partial charge in [0.25, 0.3) is 11.1 Å². The quantitative estimate of drug-likeness (QED) is 0.364. The highest BCUT2D eigenvalue weighted by molar-refractivity contribution is 5.84. The van der Waals surface area contributed by atoms with E-state index in [1.54, 1.807) is 10.00 Å². The van der Waals surface area contributed by atoms with Gasteiger partial charge in [-0.25, -0.2) is 15.1 Å². The number of pyridine rings is 1. The lowest BCUT2D eigenvalue weighted by Gasteiger charge is -2.32. The van der Waals surface area contributed by atoms with Crippen LogP contribution in [0.2, 0.25) is 0 Å². The number of nitrogens with zero attached hydrogens (tertiary/aromatic N) is 6. The fourth-order valence-electron chi connectivity index (χ4n) is 3.93. The Morgan fingerprint density at radius 1 is 1.05 bits per heavy atom. The molecule has 0 atom stereocenters. The molecule has 1 aliphatic rings. The van der Waals surface area contributed by atoms with Gasteiger partial charge in [0.15, 0.2) is 0 Å². The zero-order chi connectivity index (χ0) is 28.4. The molecule has 1 aliphatic heterocycles. The number of ether oxygens (including phenoxy) is 1. The molecule has 0 amide bonds. The van der Waals surface area contributed by atoms with Gasteiger partial charge in [-0.3, -0.25) is 14.6 Å². The zero-order valence-electron chi connectivity index (χ0n) is 20.3. The summed E-state index contributed by atoms with van der Waals surface area (Å²) in [5.74, 6) is 0.509. The zero-order valence-corrected chi connectivity index (χ0v) is 20.3. The lowest BCUT2D eigenvalue weighted by molar-refractivity contribution is -0.139. The van der Waals surface area contributed by atoms with Crippen molar-refractivity contribution in [2.75, 3.05) is 18.0 Å². The molecule has 4 rings (SSSR count). The van der Waals surface area contributed by atoms with Gasteiger partial charge in [0.05, 0.1) is 18.3 Å². The van der Waals surface area contributed by atoms with E-state index in [2.05, 4.69) is 20.1 Å². The number of nitrogens with one attached hydrogen (secondary N) is 1. The van der Waals surface area contributed by atoms with Crippen molar-refractivity contribution in [1.29, 1.82) is 0 Å². The van der Waals surface area contributed by atoms with Crippen LogP contribution in [-0.2, 0) is 18.9 Å². The maximum atomic E-state index is 13.3. The molecule has 208 valence electrons. The molecule has 1 fully saturated rings. The summed E-state index contributed by atoms with van der Waals surface area (Å²) in [6.45, 7) is 2.07. The number of aromatic nitrogens is 5. The number of hydrogen-bond acceptors (Lipinski definition) is 8. The summed E-state index contributed by atoms with van der Waals surface area (Å²) < 4.78 is 85.1. The van der Waals surface area contributed by atoms with Gasteiger partial charge in [0.1, 0.15) is 23.1 Å². The maximum absolute atomic E-state index is 13.3. The Labute approximate surface area is 216 Å². The van der Waals surface area contributed by atoms with E-state index in [0.29, 0.717) is 31.7 Å². The number of piperidine rings is 1. The van der Waals surface area contributed by atoms with E-state index in [4.69, 9.17) is 4.74 Å². The van der Waals surface area contributed by atoms with Crippen molar-refractivity contribution >= 4 is 17.3 Å². The van der Waals surface area contributed by atoms with Crippen LogP contribution in [-0.4, -0.2) is 49.6 Å². The van der Waals surface area contributed by atoms with Crippen LogP contribution in [0.1, 0.15) is 30.9 Å². The fourth-order valence-corrected chi connectivity index (χ4v) is 3.93. The first-order chi connectivity index (χ1) is 18.3. The molecule has 0 aliphatic carbocycles. The molecule has 10 nitrogen and oxygen atoms in total. The van der Waals surface area contributed by atoms with E-state index in [0.717, 1.165) is 18.6 Å². The Kier molecular flexibility index (Phi) is 7.74. The van der Waals surface area contributed by atoms with Crippen LogP contribution in [0.4, 0.5) is 38.0 Å². The molecule has 1 N–H and O–H groups in total. The van der Waals surface area contributed by atoms with Gasteiger partial charge >= 0.3 is 12.4 Å². The minimum atomic E-state index is -4.95. The van der Waals surface area contributed by atoms with Crippen LogP contribution in [0.15, 0.2) is 51.5 Å². The summed E-state index contributed by atoms with van der Waals surface area (Å²) in [6.07, 6.45) is -5.11. The number of hydrogen-bond donors (Lipinski definition) is 1. The predicted octanol–water partition coefficient (Wildman–Crippen LogP) is 3.60. The monoisotopic (exact) mass is 557 g/mol. The van der Waals surface area contributed by atoms with E-state index in [1.807, 2.05) is 0 Å². The molecule has 0 bridgehead atoms. The Balaban J connectivity index is 1.41. The summed E-state index contributed by atoms with van der Waals surface area (Å²) in [7, 11) is 0. The number of aliphatic imine (C=N–C) groups is 1. The molecule has 0 unspecified atom stereocenters. The molecule has 0 radical (unpaired) electrons. The summed E-state index contributed by atoms with van der Waals surface area (Å²) in [5.41, 5.74) is -4.87. The fraction of sp³-hybridized carbons (Fsp3) is 0.391. The van der Waals surface area contributed by atoms with Gasteiger partial charge in [0.2, 0.25) is 5.95 Å². The van der Waals surface area contributed by atoms with Crippen LogP contribution in [0, 0.1) is 0 Å². The van der Waals surface area contributed by atoms with Crippen LogP contribution >= 0.6 is 0 Å². The molecule has 0 aromatic carbocycles. The molecule has 0 spiro atoms. The first-order valence-corrected chi connectivity index (χ1v) is 11.5. The van der Waals surface area contributed by atoms with Crippen LogP contribution in [0.5, 0.6) is 5.75 Å². The highest BCUT2D eigenvalue weighted by atomic mass is 19.4. The van der Waals surface area contributed by atoms with E-state index in [-0.39, 0.29) is 24.3 Å². The standard InChI is InChI=1S/C23H21F6N7O3/c1-13(33-17-10-32-34-20(38)19(17)23(27,28)29)11-36-12-16(2-3-18(36)37)39-15-4-6-35(7-5-15)21-30-8-14(9-31-21)22(24,25)26/h2-3,8-10,12,15H,4-7,11H2,1H3,(H,34,38)/b33-13+. The highest BCUT2D eigenvalue weighted by Gasteiger charge is 2.37. The van der Waals surface area contributed by atoms with Crippen molar-refractivity contribution < 1.29 is 31.1 Å². The highest BCUT2D eigenvalue weighted by Crippen LogP contribution is 2.33. The average molecular weight is 557 g/mol. The Bertz CT molecular complexity index is 1460. The summed E-state index contributed by atoms with van der Waals surface area (Å²) in [5, 5.41) is 5.09. The predicted molar refractivity (Wildman–Crippen MR) is 126 cm³/mol. The van der Waals surface area contributed by atoms with E-state index in [9.17, 15) is 35.9 Å². The Hall–Kier alpha value is -4.24.